The Morgan fingerprint density at radius 3 is 2.50 bits per heavy atom. The minimum absolute atomic E-state index is 0.0569. The van der Waals surface area contributed by atoms with Gasteiger partial charge in [-0.25, -0.2) is 9.97 Å². The van der Waals surface area contributed by atoms with Gasteiger partial charge in [-0.15, -0.1) is 0 Å². The number of phenolic OH excluding ortho intramolecular Hbond substituents is 1. The molecule has 0 aliphatic carbocycles. The SMILES string of the molecule is CCNc1cc(C(C)(C)C)nc(-c2cccc(O)c2)n1. The summed E-state index contributed by atoms with van der Waals surface area (Å²) >= 11 is 0. The van der Waals surface area contributed by atoms with E-state index in [9.17, 15) is 5.11 Å². The van der Waals surface area contributed by atoms with Crippen LogP contribution in [0.2, 0.25) is 0 Å². The van der Waals surface area contributed by atoms with E-state index in [1.54, 1.807) is 18.2 Å². The first-order chi connectivity index (χ1) is 9.40. The topological polar surface area (TPSA) is 58.0 Å². The average Bonchev–Trinajstić information content (AvgIpc) is 2.38. The minimum atomic E-state index is -0.0569. The molecule has 4 heteroatoms. The van der Waals surface area contributed by atoms with Crippen LogP contribution in [-0.4, -0.2) is 21.6 Å². The Bertz CT molecular complexity index is 603. The molecule has 1 aromatic carbocycles. The number of aromatic nitrogens is 2. The van der Waals surface area contributed by atoms with Crippen LogP contribution in [-0.2, 0) is 5.41 Å². The maximum absolute atomic E-state index is 9.61. The maximum Gasteiger partial charge on any atom is 0.161 e. The summed E-state index contributed by atoms with van der Waals surface area (Å²) in [6.45, 7) is 9.21. The zero-order valence-electron chi connectivity index (χ0n) is 12.4. The van der Waals surface area contributed by atoms with Gasteiger partial charge in [0, 0.05) is 23.6 Å². The van der Waals surface area contributed by atoms with E-state index < -0.39 is 0 Å². The molecule has 0 bridgehead atoms. The predicted octanol–water partition coefficient (Wildman–Crippen LogP) is 3.58. The van der Waals surface area contributed by atoms with Gasteiger partial charge in [0.2, 0.25) is 0 Å². The lowest BCUT2D eigenvalue weighted by molar-refractivity contribution is 0.475. The summed E-state index contributed by atoms with van der Waals surface area (Å²) in [6, 6.07) is 9.00. The summed E-state index contributed by atoms with van der Waals surface area (Å²) in [6.07, 6.45) is 0. The molecule has 0 atom stereocenters. The fraction of sp³-hybridized carbons (Fsp3) is 0.375. The van der Waals surface area contributed by atoms with Crippen molar-refractivity contribution in [3.05, 3.63) is 36.0 Å². The largest absolute Gasteiger partial charge is 0.508 e. The van der Waals surface area contributed by atoms with Crippen molar-refractivity contribution in [1.82, 2.24) is 9.97 Å². The van der Waals surface area contributed by atoms with Crippen molar-refractivity contribution in [1.29, 1.82) is 0 Å². The van der Waals surface area contributed by atoms with Crippen LogP contribution in [0.15, 0.2) is 30.3 Å². The van der Waals surface area contributed by atoms with Crippen molar-refractivity contribution in [2.45, 2.75) is 33.1 Å². The number of benzene rings is 1. The second-order valence-corrected chi connectivity index (χ2v) is 5.79. The summed E-state index contributed by atoms with van der Waals surface area (Å²) in [5.41, 5.74) is 1.73. The molecule has 20 heavy (non-hydrogen) atoms. The van der Waals surface area contributed by atoms with Gasteiger partial charge in [-0.1, -0.05) is 32.9 Å². The van der Waals surface area contributed by atoms with E-state index in [0.29, 0.717) is 5.82 Å². The van der Waals surface area contributed by atoms with Crippen molar-refractivity contribution >= 4 is 5.82 Å². The molecule has 0 unspecified atom stereocenters. The van der Waals surface area contributed by atoms with Crippen LogP contribution in [0.4, 0.5) is 5.82 Å². The van der Waals surface area contributed by atoms with Gasteiger partial charge in [-0.3, -0.25) is 0 Å². The second kappa shape index (κ2) is 5.49. The monoisotopic (exact) mass is 271 g/mol. The van der Waals surface area contributed by atoms with Gasteiger partial charge in [0.1, 0.15) is 11.6 Å². The number of phenols is 1. The van der Waals surface area contributed by atoms with Gasteiger partial charge in [0.15, 0.2) is 5.82 Å². The van der Waals surface area contributed by atoms with E-state index >= 15 is 0 Å². The highest BCUT2D eigenvalue weighted by Crippen LogP contribution is 2.27. The van der Waals surface area contributed by atoms with Crippen molar-refractivity contribution in [3.8, 4) is 17.1 Å². The molecular formula is C16H21N3O. The number of rotatable bonds is 3. The Balaban J connectivity index is 2.54. The molecule has 2 rings (SSSR count). The summed E-state index contributed by atoms with van der Waals surface area (Å²) in [7, 11) is 0. The molecule has 4 nitrogen and oxygen atoms in total. The molecule has 0 aliphatic heterocycles. The molecule has 0 amide bonds. The number of hydrogen-bond acceptors (Lipinski definition) is 4. The fourth-order valence-electron chi connectivity index (χ4n) is 1.88. The first-order valence-corrected chi connectivity index (χ1v) is 6.83. The van der Waals surface area contributed by atoms with Crippen molar-refractivity contribution in [2.75, 3.05) is 11.9 Å². The molecule has 1 heterocycles. The van der Waals surface area contributed by atoms with Crippen molar-refractivity contribution in [3.63, 3.8) is 0 Å². The Morgan fingerprint density at radius 2 is 1.90 bits per heavy atom. The third kappa shape index (κ3) is 3.26. The molecule has 106 valence electrons. The van der Waals surface area contributed by atoms with Gasteiger partial charge >= 0.3 is 0 Å². The molecule has 0 saturated carbocycles. The van der Waals surface area contributed by atoms with E-state index in [1.165, 1.54) is 0 Å². The summed E-state index contributed by atoms with van der Waals surface area (Å²) in [5, 5.41) is 12.8. The molecule has 2 N–H and O–H groups in total. The van der Waals surface area contributed by atoms with Crippen LogP contribution in [0, 0.1) is 0 Å². The lowest BCUT2D eigenvalue weighted by Gasteiger charge is -2.19. The summed E-state index contributed by atoms with van der Waals surface area (Å²) in [4.78, 5) is 9.15. The Labute approximate surface area is 119 Å². The van der Waals surface area contributed by atoms with E-state index in [-0.39, 0.29) is 11.2 Å². The number of nitrogens with one attached hydrogen (secondary N) is 1. The van der Waals surface area contributed by atoms with Crippen molar-refractivity contribution < 1.29 is 5.11 Å². The molecule has 1 aromatic heterocycles. The first-order valence-electron chi connectivity index (χ1n) is 6.83. The molecule has 0 fully saturated rings. The van der Waals surface area contributed by atoms with E-state index in [0.717, 1.165) is 23.6 Å². The standard InChI is InChI=1S/C16H21N3O/c1-5-17-14-10-13(16(2,3)4)18-15(19-14)11-7-6-8-12(20)9-11/h6-10,20H,5H2,1-4H3,(H,17,18,19). The van der Waals surface area contributed by atoms with Gasteiger partial charge in [0.05, 0.1) is 5.69 Å². The Kier molecular flexibility index (Phi) is 3.93. The molecule has 0 aliphatic rings. The van der Waals surface area contributed by atoms with Gasteiger partial charge in [-0.05, 0) is 19.1 Å². The lowest BCUT2D eigenvalue weighted by Crippen LogP contribution is -2.16. The molecule has 0 saturated heterocycles. The summed E-state index contributed by atoms with van der Waals surface area (Å²) < 4.78 is 0. The normalized spacial score (nSPS) is 11.4. The van der Waals surface area contributed by atoms with E-state index in [4.69, 9.17) is 0 Å². The van der Waals surface area contributed by atoms with Crippen LogP contribution < -0.4 is 5.32 Å². The first kappa shape index (κ1) is 14.3. The predicted molar refractivity (Wildman–Crippen MR) is 82.0 cm³/mol. The highest BCUT2D eigenvalue weighted by atomic mass is 16.3. The Morgan fingerprint density at radius 1 is 1.15 bits per heavy atom. The van der Waals surface area contributed by atoms with Crippen LogP contribution >= 0.6 is 0 Å². The number of hydrogen-bond donors (Lipinski definition) is 2. The van der Waals surface area contributed by atoms with Crippen LogP contribution in [0.5, 0.6) is 5.75 Å². The smallest absolute Gasteiger partial charge is 0.161 e. The minimum Gasteiger partial charge on any atom is -0.508 e. The number of anilines is 1. The quantitative estimate of drug-likeness (QED) is 0.896. The second-order valence-electron chi connectivity index (χ2n) is 5.79. The number of nitrogens with zero attached hydrogens (tertiary/aromatic N) is 2. The molecular weight excluding hydrogens is 250 g/mol. The van der Waals surface area contributed by atoms with Gasteiger partial charge in [0.25, 0.3) is 0 Å². The highest BCUT2D eigenvalue weighted by molar-refractivity contribution is 5.59. The molecule has 2 aromatic rings. The lowest BCUT2D eigenvalue weighted by atomic mass is 9.91. The van der Waals surface area contributed by atoms with Gasteiger partial charge in [-0.2, -0.15) is 0 Å². The van der Waals surface area contributed by atoms with Gasteiger partial charge < -0.3 is 10.4 Å². The third-order valence-corrected chi connectivity index (χ3v) is 2.96. The zero-order chi connectivity index (χ0) is 14.8. The van der Waals surface area contributed by atoms with Crippen LogP contribution in [0.1, 0.15) is 33.4 Å². The van der Waals surface area contributed by atoms with Crippen molar-refractivity contribution in [2.24, 2.45) is 0 Å². The summed E-state index contributed by atoms with van der Waals surface area (Å²) in [5.74, 6) is 1.66. The highest BCUT2D eigenvalue weighted by Gasteiger charge is 2.18. The zero-order valence-corrected chi connectivity index (χ0v) is 12.4. The maximum atomic E-state index is 9.61. The van der Waals surface area contributed by atoms with Crippen LogP contribution in [0.3, 0.4) is 0 Å². The van der Waals surface area contributed by atoms with E-state index in [2.05, 4.69) is 36.1 Å². The molecule has 0 radical (unpaired) electrons. The Hall–Kier alpha value is -2.10. The third-order valence-electron chi connectivity index (χ3n) is 2.96. The number of aromatic hydroxyl groups is 1. The van der Waals surface area contributed by atoms with E-state index in [1.807, 2.05) is 19.1 Å². The fourth-order valence-corrected chi connectivity index (χ4v) is 1.88. The average molecular weight is 271 g/mol. The molecule has 0 spiro atoms. The van der Waals surface area contributed by atoms with Crippen LogP contribution in [0.25, 0.3) is 11.4 Å².